The Balaban J connectivity index is 0.00000484. The van der Waals surface area contributed by atoms with Gasteiger partial charge in [0.15, 0.2) is 0 Å². The molecule has 0 aliphatic carbocycles. The van der Waals surface area contributed by atoms with E-state index < -0.39 is 6.03 Å². The molecule has 0 unspecified atom stereocenters. The Morgan fingerprint density at radius 3 is 2.52 bits per heavy atom. The number of nitrogens with one attached hydrogen (secondary N) is 2. The van der Waals surface area contributed by atoms with Gasteiger partial charge in [0.25, 0.3) is 0 Å². The molecule has 0 bridgehead atoms. The predicted molar refractivity (Wildman–Crippen MR) is 95.9 cm³/mol. The summed E-state index contributed by atoms with van der Waals surface area (Å²) in [6.07, 6.45) is 0. The summed E-state index contributed by atoms with van der Waals surface area (Å²) in [7, 11) is 1.71. The van der Waals surface area contributed by atoms with E-state index in [1.54, 1.807) is 18.0 Å². The quantitative estimate of drug-likeness (QED) is 0.738. The number of hydrogen-bond donors (Lipinski definition) is 3. The number of anilines is 1. The van der Waals surface area contributed by atoms with Crippen LogP contribution in [0.4, 0.5) is 10.5 Å². The first-order chi connectivity index (χ1) is 10.2. The molecule has 130 valence electrons. The highest BCUT2D eigenvalue weighted by atomic mass is 35.5. The summed E-state index contributed by atoms with van der Waals surface area (Å²) in [6.45, 7) is 6.92. The third kappa shape index (κ3) is 7.85. The van der Waals surface area contributed by atoms with Crippen molar-refractivity contribution in [2.24, 2.45) is 11.1 Å². The minimum Gasteiger partial charge on any atom is -0.344 e. The van der Waals surface area contributed by atoms with E-state index in [1.165, 1.54) is 0 Å². The van der Waals surface area contributed by atoms with E-state index in [0.717, 1.165) is 5.56 Å². The van der Waals surface area contributed by atoms with Crippen LogP contribution < -0.4 is 16.4 Å². The van der Waals surface area contributed by atoms with E-state index >= 15 is 0 Å². The van der Waals surface area contributed by atoms with Crippen LogP contribution >= 0.6 is 12.4 Å². The standard InChI is InChI=1S/C16H26N4O2.ClH/c1-12-6-5-7-13(8-12)19-15(22)18-9-14(21)20(4)11-16(2,3)10-17;/h5-8H,9-11,17H2,1-4H3,(H2,18,19,22);1H. The van der Waals surface area contributed by atoms with Gasteiger partial charge in [-0.2, -0.15) is 0 Å². The molecule has 1 aromatic rings. The highest BCUT2D eigenvalue weighted by Crippen LogP contribution is 2.13. The smallest absolute Gasteiger partial charge is 0.319 e. The summed E-state index contributed by atoms with van der Waals surface area (Å²) in [4.78, 5) is 25.4. The maximum absolute atomic E-state index is 12.0. The number of carbonyl (C=O) groups is 2. The van der Waals surface area contributed by atoms with Crippen LogP contribution in [0.1, 0.15) is 19.4 Å². The van der Waals surface area contributed by atoms with Gasteiger partial charge in [0.2, 0.25) is 5.91 Å². The second-order valence-electron chi connectivity index (χ2n) is 6.30. The Bertz CT molecular complexity index is 535. The summed E-state index contributed by atoms with van der Waals surface area (Å²) < 4.78 is 0. The van der Waals surface area contributed by atoms with Crippen molar-refractivity contribution in [3.8, 4) is 0 Å². The molecule has 23 heavy (non-hydrogen) atoms. The second-order valence-corrected chi connectivity index (χ2v) is 6.30. The minimum absolute atomic E-state index is 0. The molecule has 0 aliphatic rings. The van der Waals surface area contributed by atoms with Crippen molar-refractivity contribution in [3.63, 3.8) is 0 Å². The molecule has 0 heterocycles. The predicted octanol–water partition coefficient (Wildman–Crippen LogP) is 1.98. The molecule has 0 atom stereocenters. The summed E-state index contributed by atoms with van der Waals surface area (Å²) in [5.41, 5.74) is 7.26. The van der Waals surface area contributed by atoms with Crippen LogP contribution in [0.3, 0.4) is 0 Å². The average molecular weight is 343 g/mol. The van der Waals surface area contributed by atoms with E-state index in [0.29, 0.717) is 18.8 Å². The first kappa shape index (κ1) is 21.2. The van der Waals surface area contributed by atoms with Crippen molar-refractivity contribution >= 4 is 30.0 Å². The van der Waals surface area contributed by atoms with Crippen LogP contribution in [0.5, 0.6) is 0 Å². The summed E-state index contributed by atoms with van der Waals surface area (Å²) in [5, 5.41) is 5.26. The third-order valence-electron chi connectivity index (χ3n) is 3.32. The number of hydrogen-bond acceptors (Lipinski definition) is 3. The fourth-order valence-corrected chi connectivity index (χ4v) is 1.98. The Labute approximate surface area is 144 Å². The second kappa shape index (κ2) is 9.37. The number of amides is 3. The molecule has 3 amide bonds. The highest BCUT2D eigenvalue weighted by Gasteiger charge is 2.21. The van der Waals surface area contributed by atoms with E-state index in [2.05, 4.69) is 10.6 Å². The molecule has 0 aliphatic heterocycles. The van der Waals surface area contributed by atoms with Gasteiger partial charge in [0.05, 0.1) is 6.54 Å². The Morgan fingerprint density at radius 2 is 1.96 bits per heavy atom. The van der Waals surface area contributed by atoms with Crippen LogP contribution in [0.2, 0.25) is 0 Å². The van der Waals surface area contributed by atoms with Crippen LogP contribution in [-0.4, -0.2) is 43.5 Å². The molecule has 6 nitrogen and oxygen atoms in total. The molecule has 0 saturated heterocycles. The lowest BCUT2D eigenvalue weighted by Gasteiger charge is -2.29. The molecule has 0 aromatic heterocycles. The molecule has 0 saturated carbocycles. The van der Waals surface area contributed by atoms with Gasteiger partial charge in [0, 0.05) is 19.3 Å². The van der Waals surface area contributed by atoms with Gasteiger partial charge in [-0.3, -0.25) is 4.79 Å². The van der Waals surface area contributed by atoms with Crippen LogP contribution in [0.25, 0.3) is 0 Å². The molecule has 1 aromatic carbocycles. The Morgan fingerprint density at radius 1 is 1.30 bits per heavy atom. The van der Waals surface area contributed by atoms with Crippen molar-refractivity contribution < 1.29 is 9.59 Å². The first-order valence-electron chi connectivity index (χ1n) is 7.29. The lowest BCUT2D eigenvalue weighted by atomic mass is 9.93. The highest BCUT2D eigenvalue weighted by molar-refractivity contribution is 5.92. The topological polar surface area (TPSA) is 87.5 Å². The van der Waals surface area contributed by atoms with Crippen molar-refractivity contribution in [3.05, 3.63) is 29.8 Å². The Hall–Kier alpha value is -1.79. The largest absolute Gasteiger partial charge is 0.344 e. The van der Waals surface area contributed by atoms with E-state index in [4.69, 9.17) is 5.73 Å². The van der Waals surface area contributed by atoms with Gasteiger partial charge in [-0.15, -0.1) is 12.4 Å². The number of nitrogens with two attached hydrogens (primary N) is 1. The molecule has 0 fully saturated rings. The lowest BCUT2D eigenvalue weighted by molar-refractivity contribution is -0.129. The summed E-state index contributed by atoms with van der Waals surface area (Å²) in [5.74, 6) is -0.152. The van der Waals surface area contributed by atoms with Gasteiger partial charge in [-0.05, 0) is 36.6 Å². The van der Waals surface area contributed by atoms with Crippen molar-refractivity contribution in [1.29, 1.82) is 0 Å². The average Bonchev–Trinajstić information content (AvgIpc) is 2.44. The van der Waals surface area contributed by atoms with Crippen molar-refractivity contribution in [1.82, 2.24) is 10.2 Å². The number of rotatable bonds is 6. The van der Waals surface area contributed by atoms with E-state index in [9.17, 15) is 9.59 Å². The van der Waals surface area contributed by atoms with Crippen LogP contribution in [0, 0.1) is 12.3 Å². The fourth-order valence-electron chi connectivity index (χ4n) is 1.98. The van der Waals surface area contributed by atoms with Gasteiger partial charge < -0.3 is 21.3 Å². The molecular formula is C16H27ClN4O2. The molecule has 0 spiro atoms. The number of aryl methyl sites for hydroxylation is 1. The monoisotopic (exact) mass is 342 g/mol. The third-order valence-corrected chi connectivity index (χ3v) is 3.32. The Kier molecular flexibility index (Phi) is 8.64. The summed E-state index contributed by atoms with van der Waals surface area (Å²) >= 11 is 0. The maximum atomic E-state index is 12.0. The number of urea groups is 1. The van der Waals surface area contributed by atoms with Gasteiger partial charge in [0.1, 0.15) is 0 Å². The van der Waals surface area contributed by atoms with Gasteiger partial charge in [-0.25, -0.2) is 4.79 Å². The maximum Gasteiger partial charge on any atom is 0.319 e. The molecule has 7 heteroatoms. The summed E-state index contributed by atoms with van der Waals surface area (Å²) in [6, 6.07) is 7.06. The molecular weight excluding hydrogens is 316 g/mol. The minimum atomic E-state index is -0.398. The van der Waals surface area contributed by atoms with Gasteiger partial charge >= 0.3 is 6.03 Å². The number of halogens is 1. The van der Waals surface area contributed by atoms with Crippen molar-refractivity contribution in [2.75, 3.05) is 32.0 Å². The number of likely N-dealkylation sites (N-methyl/N-ethyl adjacent to an activating group) is 1. The zero-order valence-electron chi connectivity index (χ0n) is 14.2. The van der Waals surface area contributed by atoms with Gasteiger partial charge in [-0.1, -0.05) is 26.0 Å². The fraction of sp³-hybridized carbons (Fsp3) is 0.500. The molecule has 0 radical (unpaired) electrons. The number of benzene rings is 1. The first-order valence-corrected chi connectivity index (χ1v) is 7.29. The lowest BCUT2D eigenvalue weighted by Crippen LogP contribution is -2.44. The van der Waals surface area contributed by atoms with Crippen molar-refractivity contribution in [2.45, 2.75) is 20.8 Å². The SMILES string of the molecule is Cc1cccc(NC(=O)NCC(=O)N(C)CC(C)(C)CN)c1.Cl. The zero-order chi connectivity index (χ0) is 16.8. The van der Waals surface area contributed by atoms with E-state index in [1.807, 2.05) is 39.0 Å². The molecule has 4 N–H and O–H groups in total. The number of nitrogens with zero attached hydrogens (tertiary/aromatic N) is 1. The van der Waals surface area contributed by atoms with Crippen LogP contribution in [0.15, 0.2) is 24.3 Å². The molecule has 1 rings (SSSR count). The number of carbonyl (C=O) groups excluding carboxylic acids is 2. The zero-order valence-corrected chi connectivity index (χ0v) is 15.0. The van der Waals surface area contributed by atoms with Crippen LogP contribution in [-0.2, 0) is 4.79 Å². The van der Waals surface area contributed by atoms with E-state index in [-0.39, 0.29) is 30.3 Å². The normalized spacial score (nSPS) is 10.5.